The fourth-order valence-electron chi connectivity index (χ4n) is 3.35. The third-order valence-corrected chi connectivity index (χ3v) is 6.12. The van der Waals surface area contributed by atoms with Gasteiger partial charge in [0.05, 0.1) is 20.1 Å². The van der Waals surface area contributed by atoms with Crippen LogP contribution in [0.15, 0.2) is 42.5 Å². The zero-order chi connectivity index (χ0) is 24.7. The molecule has 0 aliphatic carbocycles. The van der Waals surface area contributed by atoms with Gasteiger partial charge < -0.3 is 24.4 Å². The van der Waals surface area contributed by atoms with E-state index in [1.165, 1.54) is 24.9 Å². The summed E-state index contributed by atoms with van der Waals surface area (Å²) in [6, 6.07) is 10.8. The van der Waals surface area contributed by atoms with Gasteiger partial charge in [0, 0.05) is 17.9 Å². The predicted molar refractivity (Wildman–Crippen MR) is 122 cm³/mol. The molecule has 2 aromatic carbocycles. The smallest absolute Gasteiger partial charge is 0.422 e. The van der Waals surface area contributed by atoms with Gasteiger partial charge in [-0.15, -0.1) is 11.8 Å². The average molecular weight is 499 g/mol. The molecule has 3 rings (SSSR count). The van der Waals surface area contributed by atoms with E-state index in [1.54, 1.807) is 48.4 Å². The Balaban J connectivity index is 1.57. The Morgan fingerprint density at radius 3 is 2.47 bits per heavy atom. The Bertz CT molecular complexity index is 1000. The number of amides is 2. The first-order valence-corrected chi connectivity index (χ1v) is 11.5. The lowest BCUT2D eigenvalue weighted by molar-refractivity contribution is -0.153. The number of carbonyl (C=O) groups excluding carboxylic acids is 2. The van der Waals surface area contributed by atoms with Gasteiger partial charge >= 0.3 is 6.18 Å². The van der Waals surface area contributed by atoms with Gasteiger partial charge in [0.1, 0.15) is 11.8 Å². The number of rotatable bonds is 9. The van der Waals surface area contributed by atoms with E-state index < -0.39 is 18.8 Å². The Hall–Kier alpha value is -3.08. The van der Waals surface area contributed by atoms with E-state index in [4.69, 9.17) is 14.2 Å². The maximum atomic E-state index is 12.8. The van der Waals surface area contributed by atoms with Crippen LogP contribution in [0.3, 0.4) is 0 Å². The number of methoxy groups -OCH3 is 2. The van der Waals surface area contributed by atoms with Crippen molar-refractivity contribution in [3.05, 3.63) is 48.0 Å². The quantitative estimate of drug-likeness (QED) is 0.561. The number of benzene rings is 2. The minimum absolute atomic E-state index is 0.0267. The van der Waals surface area contributed by atoms with E-state index in [1.807, 2.05) is 0 Å². The zero-order valence-electron chi connectivity index (χ0n) is 18.7. The lowest BCUT2D eigenvalue weighted by Crippen LogP contribution is -2.44. The van der Waals surface area contributed by atoms with E-state index in [0.29, 0.717) is 35.1 Å². The Morgan fingerprint density at radius 2 is 1.82 bits per heavy atom. The highest BCUT2D eigenvalue weighted by atomic mass is 32.2. The van der Waals surface area contributed by atoms with Crippen molar-refractivity contribution < 1.29 is 37.0 Å². The lowest BCUT2D eigenvalue weighted by atomic mass is 10.1. The summed E-state index contributed by atoms with van der Waals surface area (Å²) in [5.74, 6) is 1.25. The highest BCUT2D eigenvalue weighted by Gasteiger charge is 2.34. The number of anilines is 1. The van der Waals surface area contributed by atoms with E-state index in [-0.39, 0.29) is 29.7 Å². The largest absolute Gasteiger partial charge is 0.497 e. The number of aryl methyl sites for hydroxylation is 1. The van der Waals surface area contributed by atoms with Gasteiger partial charge in [-0.1, -0.05) is 6.07 Å². The summed E-state index contributed by atoms with van der Waals surface area (Å²) in [7, 11) is 2.89. The van der Waals surface area contributed by atoms with Crippen LogP contribution in [0.1, 0.15) is 12.0 Å². The molecule has 0 aromatic heterocycles. The maximum Gasteiger partial charge on any atom is 0.422 e. The van der Waals surface area contributed by atoms with Crippen molar-refractivity contribution in [2.75, 3.05) is 37.8 Å². The minimum Gasteiger partial charge on any atom is -0.497 e. The average Bonchev–Trinajstić information content (AvgIpc) is 3.31. The zero-order valence-corrected chi connectivity index (χ0v) is 19.5. The van der Waals surface area contributed by atoms with Crippen molar-refractivity contribution in [3.63, 3.8) is 0 Å². The second kappa shape index (κ2) is 11.4. The number of ether oxygens (including phenoxy) is 3. The van der Waals surface area contributed by atoms with Crippen molar-refractivity contribution in [2.45, 2.75) is 25.1 Å². The van der Waals surface area contributed by atoms with Crippen LogP contribution in [0.5, 0.6) is 17.2 Å². The molecule has 0 spiro atoms. The fourth-order valence-corrected chi connectivity index (χ4v) is 4.53. The third kappa shape index (κ3) is 6.96. The Labute approximate surface area is 199 Å². The molecule has 0 bridgehead atoms. The van der Waals surface area contributed by atoms with E-state index in [9.17, 15) is 22.8 Å². The monoisotopic (exact) mass is 498 g/mol. The van der Waals surface area contributed by atoms with Crippen LogP contribution in [-0.2, 0) is 16.0 Å². The van der Waals surface area contributed by atoms with E-state index >= 15 is 0 Å². The number of thioether (sulfide) groups is 1. The minimum atomic E-state index is -4.46. The lowest BCUT2D eigenvalue weighted by Gasteiger charge is -2.23. The first-order chi connectivity index (χ1) is 16.2. The van der Waals surface area contributed by atoms with Crippen LogP contribution in [0.4, 0.5) is 18.9 Å². The topological polar surface area (TPSA) is 77.1 Å². The maximum absolute atomic E-state index is 12.8. The van der Waals surface area contributed by atoms with Gasteiger partial charge in [0.25, 0.3) is 0 Å². The summed E-state index contributed by atoms with van der Waals surface area (Å²) in [6.07, 6.45) is -3.98. The predicted octanol–water partition coefficient (Wildman–Crippen LogP) is 4.12. The number of carbonyl (C=O) groups is 2. The molecule has 1 N–H and O–H groups in total. The van der Waals surface area contributed by atoms with Gasteiger partial charge in [-0.3, -0.25) is 9.59 Å². The molecule has 1 saturated heterocycles. The summed E-state index contributed by atoms with van der Waals surface area (Å²) < 4.78 is 52.2. The van der Waals surface area contributed by atoms with Crippen LogP contribution in [-0.4, -0.2) is 61.4 Å². The molecule has 1 aliphatic rings. The molecular formula is C23H25F3N2O5S. The van der Waals surface area contributed by atoms with Gasteiger partial charge in [-0.05, 0) is 48.4 Å². The van der Waals surface area contributed by atoms with Gasteiger partial charge in [-0.2, -0.15) is 13.2 Å². The normalized spacial score (nSPS) is 15.7. The molecule has 2 amide bonds. The standard InChI is InChI=1S/C23H25F3N2O5S/c1-31-17-7-5-16(6-8-17)27-22(30)18-12-34-14-28(18)21(29)10-4-15-3-9-19(20(11-15)32-2)33-13-23(24,25)26/h3,5-9,11,18H,4,10,12-14H2,1-2H3,(H,27,30). The van der Waals surface area contributed by atoms with E-state index in [0.717, 1.165) is 0 Å². The summed E-state index contributed by atoms with van der Waals surface area (Å²) in [5.41, 5.74) is 1.31. The molecule has 1 heterocycles. The number of halogens is 3. The first kappa shape index (κ1) is 25.5. The van der Waals surface area contributed by atoms with Gasteiger partial charge in [0.2, 0.25) is 11.8 Å². The van der Waals surface area contributed by atoms with Crippen molar-refractivity contribution in [1.82, 2.24) is 4.90 Å². The molecule has 1 unspecified atom stereocenters. The number of nitrogens with zero attached hydrogens (tertiary/aromatic N) is 1. The van der Waals surface area contributed by atoms with Crippen molar-refractivity contribution in [1.29, 1.82) is 0 Å². The third-order valence-electron chi connectivity index (χ3n) is 5.11. The molecule has 184 valence electrons. The second-order valence-electron chi connectivity index (χ2n) is 7.49. The summed E-state index contributed by atoms with van der Waals surface area (Å²) in [4.78, 5) is 27.1. The second-order valence-corrected chi connectivity index (χ2v) is 8.49. The molecule has 11 heteroatoms. The molecule has 2 aromatic rings. The SMILES string of the molecule is COc1ccc(NC(=O)C2CSCN2C(=O)CCc2ccc(OCC(F)(F)F)c(OC)c2)cc1. The van der Waals surface area contributed by atoms with Crippen LogP contribution in [0, 0.1) is 0 Å². The molecular weight excluding hydrogens is 473 g/mol. The number of alkyl halides is 3. The molecule has 1 fully saturated rings. The summed E-state index contributed by atoms with van der Waals surface area (Å²) in [6.45, 7) is -1.42. The summed E-state index contributed by atoms with van der Waals surface area (Å²) >= 11 is 1.50. The van der Waals surface area contributed by atoms with Gasteiger partial charge in [-0.25, -0.2) is 0 Å². The Morgan fingerprint density at radius 1 is 1.09 bits per heavy atom. The van der Waals surface area contributed by atoms with Crippen molar-refractivity contribution in [3.8, 4) is 17.2 Å². The van der Waals surface area contributed by atoms with Crippen LogP contribution in [0.2, 0.25) is 0 Å². The van der Waals surface area contributed by atoms with Crippen LogP contribution < -0.4 is 19.5 Å². The number of nitrogens with one attached hydrogen (secondary N) is 1. The molecule has 0 saturated carbocycles. The van der Waals surface area contributed by atoms with Gasteiger partial charge in [0.15, 0.2) is 18.1 Å². The molecule has 1 atom stereocenters. The molecule has 0 radical (unpaired) electrons. The fraction of sp³-hybridized carbons (Fsp3) is 0.391. The summed E-state index contributed by atoms with van der Waals surface area (Å²) in [5, 5.41) is 2.83. The highest BCUT2D eigenvalue weighted by molar-refractivity contribution is 7.99. The molecule has 1 aliphatic heterocycles. The van der Waals surface area contributed by atoms with Crippen LogP contribution >= 0.6 is 11.8 Å². The van der Waals surface area contributed by atoms with Crippen LogP contribution in [0.25, 0.3) is 0 Å². The van der Waals surface area contributed by atoms with Crippen molar-refractivity contribution in [2.24, 2.45) is 0 Å². The number of hydrogen-bond donors (Lipinski definition) is 1. The number of hydrogen-bond acceptors (Lipinski definition) is 6. The molecule has 34 heavy (non-hydrogen) atoms. The Kier molecular flexibility index (Phi) is 8.54. The van der Waals surface area contributed by atoms with E-state index in [2.05, 4.69) is 5.32 Å². The van der Waals surface area contributed by atoms with Crippen molar-refractivity contribution >= 4 is 29.3 Å². The highest BCUT2D eigenvalue weighted by Crippen LogP contribution is 2.31. The molecule has 7 nitrogen and oxygen atoms in total. The first-order valence-electron chi connectivity index (χ1n) is 10.4.